The van der Waals surface area contributed by atoms with Crippen LogP contribution in [0.2, 0.25) is 0 Å². The van der Waals surface area contributed by atoms with Crippen molar-refractivity contribution in [3.8, 4) is 0 Å². The average Bonchev–Trinajstić information content (AvgIpc) is 2.53. The molecule has 0 unspecified atom stereocenters. The van der Waals surface area contributed by atoms with Gasteiger partial charge >= 0.3 is 0 Å². The molecule has 0 saturated heterocycles. The number of para-hydroxylation sites is 1. The maximum atomic E-state index is 12.0. The molecule has 0 aliphatic heterocycles. The molecule has 0 spiro atoms. The number of likely N-dealkylation sites (N-methyl/N-ethyl adjacent to an activating group) is 1. The van der Waals surface area contributed by atoms with Crippen LogP contribution >= 0.6 is 0 Å². The lowest BCUT2D eigenvalue weighted by molar-refractivity contribution is -0.117. The lowest BCUT2D eigenvalue weighted by Gasteiger charge is -2.17. The zero-order chi connectivity index (χ0) is 14.4. The van der Waals surface area contributed by atoms with Crippen molar-refractivity contribution in [2.75, 3.05) is 18.5 Å². The molecular weight excluding hydrogens is 254 g/mol. The van der Waals surface area contributed by atoms with Gasteiger partial charge in [0.05, 0.1) is 12.1 Å². The normalized spacial score (nSPS) is 9.85. The molecule has 0 saturated carbocycles. The van der Waals surface area contributed by atoms with Gasteiger partial charge in [-0.15, -0.1) is 0 Å². The number of benzene rings is 1. The van der Waals surface area contributed by atoms with Gasteiger partial charge in [0.25, 0.3) is 5.91 Å². The molecule has 2 rings (SSSR count). The van der Waals surface area contributed by atoms with Gasteiger partial charge < -0.3 is 10.2 Å². The van der Waals surface area contributed by atoms with Crippen molar-refractivity contribution in [2.24, 2.45) is 0 Å². The zero-order valence-corrected chi connectivity index (χ0v) is 11.1. The van der Waals surface area contributed by atoms with Crippen LogP contribution in [0.15, 0.2) is 54.9 Å². The first-order chi connectivity index (χ1) is 9.68. The Hall–Kier alpha value is -2.69. The van der Waals surface area contributed by atoms with E-state index in [1.165, 1.54) is 11.1 Å². The van der Waals surface area contributed by atoms with Crippen molar-refractivity contribution < 1.29 is 9.59 Å². The Morgan fingerprint density at radius 1 is 1.15 bits per heavy atom. The summed E-state index contributed by atoms with van der Waals surface area (Å²) in [6.07, 6.45) is 3.05. The quantitative estimate of drug-likeness (QED) is 0.914. The minimum atomic E-state index is -0.312. The number of rotatable bonds is 4. The lowest BCUT2D eigenvalue weighted by Crippen LogP contribution is -2.38. The third-order valence-electron chi connectivity index (χ3n) is 2.84. The van der Waals surface area contributed by atoms with E-state index in [0.717, 1.165) is 5.69 Å². The first kappa shape index (κ1) is 13.7. The van der Waals surface area contributed by atoms with E-state index in [0.29, 0.717) is 5.56 Å². The second kappa shape index (κ2) is 6.47. The molecule has 20 heavy (non-hydrogen) atoms. The molecule has 102 valence electrons. The Labute approximate surface area is 117 Å². The Balaban J connectivity index is 1.91. The van der Waals surface area contributed by atoms with E-state index in [4.69, 9.17) is 0 Å². The van der Waals surface area contributed by atoms with Crippen molar-refractivity contribution in [1.82, 2.24) is 10.3 Å². The average molecular weight is 269 g/mol. The fourth-order valence-corrected chi connectivity index (χ4v) is 1.67. The van der Waals surface area contributed by atoms with Crippen LogP contribution in [0.1, 0.15) is 10.4 Å². The smallest absolute Gasteiger partial charge is 0.253 e. The van der Waals surface area contributed by atoms with Gasteiger partial charge in [0.15, 0.2) is 0 Å². The Morgan fingerprint density at radius 3 is 2.55 bits per heavy atom. The van der Waals surface area contributed by atoms with Gasteiger partial charge in [-0.1, -0.05) is 18.2 Å². The third-order valence-corrected chi connectivity index (χ3v) is 2.84. The molecule has 0 aliphatic rings. The molecule has 5 heteroatoms. The highest BCUT2D eigenvalue weighted by Crippen LogP contribution is 2.10. The fourth-order valence-electron chi connectivity index (χ4n) is 1.67. The summed E-state index contributed by atoms with van der Waals surface area (Å²) in [4.78, 5) is 29.1. The number of carbonyl (C=O) groups excluding carboxylic acids is 2. The molecular formula is C15H15N3O2. The first-order valence-electron chi connectivity index (χ1n) is 6.18. The van der Waals surface area contributed by atoms with Gasteiger partial charge in [-0.25, -0.2) is 0 Å². The molecule has 0 bridgehead atoms. The van der Waals surface area contributed by atoms with Crippen molar-refractivity contribution in [3.63, 3.8) is 0 Å². The molecule has 2 aromatic rings. The van der Waals surface area contributed by atoms with Gasteiger partial charge in [0.1, 0.15) is 0 Å². The zero-order valence-electron chi connectivity index (χ0n) is 11.1. The van der Waals surface area contributed by atoms with E-state index in [1.807, 2.05) is 30.3 Å². The van der Waals surface area contributed by atoms with Crippen LogP contribution in [-0.2, 0) is 4.79 Å². The van der Waals surface area contributed by atoms with Gasteiger partial charge in [-0.2, -0.15) is 0 Å². The maximum absolute atomic E-state index is 12.0. The standard InChI is InChI=1S/C15H15N3O2/c1-18(13-7-3-2-4-8-13)14(19)11-17-15(20)12-6-5-9-16-10-12/h2-10H,11H2,1H3,(H,17,20). The molecule has 1 N–H and O–H groups in total. The van der Waals surface area contributed by atoms with Crippen LogP contribution in [0.4, 0.5) is 5.69 Å². The van der Waals surface area contributed by atoms with Crippen molar-refractivity contribution in [1.29, 1.82) is 0 Å². The molecule has 1 aromatic heterocycles. The summed E-state index contributed by atoms with van der Waals surface area (Å²) in [5.74, 6) is -0.499. The predicted molar refractivity (Wildman–Crippen MR) is 76.4 cm³/mol. The second-order valence-electron chi connectivity index (χ2n) is 4.21. The molecule has 0 aliphatic carbocycles. The van der Waals surface area contributed by atoms with E-state index in [1.54, 1.807) is 25.4 Å². The fraction of sp³-hybridized carbons (Fsp3) is 0.133. The number of carbonyl (C=O) groups is 2. The highest BCUT2D eigenvalue weighted by molar-refractivity contribution is 5.99. The third kappa shape index (κ3) is 3.41. The SMILES string of the molecule is CN(C(=O)CNC(=O)c1cccnc1)c1ccccc1. The summed E-state index contributed by atoms with van der Waals surface area (Å²) in [6.45, 7) is -0.0564. The van der Waals surface area contributed by atoms with E-state index in [9.17, 15) is 9.59 Å². The van der Waals surface area contributed by atoms with Crippen LogP contribution in [-0.4, -0.2) is 30.4 Å². The minimum Gasteiger partial charge on any atom is -0.343 e. The number of nitrogens with one attached hydrogen (secondary N) is 1. The minimum absolute atomic E-state index is 0.0564. The van der Waals surface area contributed by atoms with Gasteiger partial charge in [0, 0.05) is 25.1 Å². The lowest BCUT2D eigenvalue weighted by atomic mass is 10.2. The number of nitrogens with zero attached hydrogens (tertiary/aromatic N) is 2. The summed E-state index contributed by atoms with van der Waals surface area (Å²) >= 11 is 0. The van der Waals surface area contributed by atoms with Gasteiger partial charge in [0.2, 0.25) is 5.91 Å². The van der Waals surface area contributed by atoms with E-state index >= 15 is 0 Å². The maximum Gasteiger partial charge on any atom is 0.253 e. The second-order valence-corrected chi connectivity index (χ2v) is 4.21. The Bertz CT molecular complexity index is 585. The highest BCUT2D eigenvalue weighted by atomic mass is 16.2. The summed E-state index contributed by atoms with van der Waals surface area (Å²) < 4.78 is 0. The number of hydrogen-bond donors (Lipinski definition) is 1. The summed E-state index contributed by atoms with van der Waals surface area (Å²) in [7, 11) is 1.67. The Morgan fingerprint density at radius 2 is 1.90 bits per heavy atom. The van der Waals surface area contributed by atoms with E-state index in [2.05, 4.69) is 10.3 Å². The highest BCUT2D eigenvalue weighted by Gasteiger charge is 2.12. The molecule has 0 atom stereocenters. The molecule has 1 aromatic carbocycles. The number of anilines is 1. The molecule has 1 heterocycles. The monoisotopic (exact) mass is 269 g/mol. The van der Waals surface area contributed by atoms with Crippen LogP contribution in [0.5, 0.6) is 0 Å². The molecule has 5 nitrogen and oxygen atoms in total. The van der Waals surface area contributed by atoms with Crippen molar-refractivity contribution >= 4 is 17.5 Å². The van der Waals surface area contributed by atoms with Crippen molar-refractivity contribution in [3.05, 3.63) is 60.4 Å². The summed E-state index contributed by atoms with van der Waals surface area (Å²) in [5, 5.41) is 2.58. The Kier molecular flexibility index (Phi) is 4.44. The van der Waals surface area contributed by atoms with E-state index in [-0.39, 0.29) is 18.4 Å². The predicted octanol–water partition coefficient (Wildman–Crippen LogP) is 1.47. The molecule has 2 amide bonds. The number of aromatic nitrogens is 1. The van der Waals surface area contributed by atoms with Gasteiger partial charge in [-0.05, 0) is 24.3 Å². The number of hydrogen-bond acceptors (Lipinski definition) is 3. The summed E-state index contributed by atoms with van der Waals surface area (Å²) in [6, 6.07) is 12.6. The first-order valence-corrected chi connectivity index (χ1v) is 6.18. The van der Waals surface area contributed by atoms with E-state index < -0.39 is 0 Å². The van der Waals surface area contributed by atoms with Gasteiger partial charge in [-0.3, -0.25) is 14.6 Å². The van der Waals surface area contributed by atoms with Crippen LogP contribution in [0.25, 0.3) is 0 Å². The van der Waals surface area contributed by atoms with Crippen LogP contribution < -0.4 is 10.2 Å². The molecule has 0 radical (unpaired) electrons. The van der Waals surface area contributed by atoms with Crippen LogP contribution in [0.3, 0.4) is 0 Å². The summed E-state index contributed by atoms with van der Waals surface area (Å²) in [5.41, 5.74) is 1.22. The number of amides is 2. The largest absolute Gasteiger partial charge is 0.343 e. The topological polar surface area (TPSA) is 62.3 Å². The van der Waals surface area contributed by atoms with Crippen molar-refractivity contribution in [2.45, 2.75) is 0 Å². The van der Waals surface area contributed by atoms with Crippen LogP contribution in [0, 0.1) is 0 Å². The number of pyridine rings is 1. The molecule has 0 fully saturated rings.